The first kappa shape index (κ1) is 14.5. The Balaban J connectivity index is 1.89. The van der Waals surface area contributed by atoms with Gasteiger partial charge in [0.1, 0.15) is 0 Å². The van der Waals surface area contributed by atoms with Gasteiger partial charge in [-0.2, -0.15) is 0 Å². The third-order valence-electron chi connectivity index (χ3n) is 3.46. The van der Waals surface area contributed by atoms with E-state index < -0.39 is 0 Å². The molecule has 0 amide bonds. The zero-order valence-corrected chi connectivity index (χ0v) is 13.2. The summed E-state index contributed by atoms with van der Waals surface area (Å²) in [5.41, 5.74) is 2.29. The molecule has 0 aliphatic rings. The Kier molecular flexibility index (Phi) is 5.84. The molecule has 0 bridgehead atoms. The highest BCUT2D eigenvalue weighted by molar-refractivity contribution is 9.09. The summed E-state index contributed by atoms with van der Waals surface area (Å²) in [4.78, 5) is 5.28. The number of halogens is 1. The third kappa shape index (κ3) is 4.61. The smallest absolute Gasteiger partial charge is 0.0705 e. The van der Waals surface area contributed by atoms with Crippen LogP contribution >= 0.6 is 15.9 Å². The van der Waals surface area contributed by atoms with Crippen LogP contribution in [-0.2, 0) is 6.42 Å². The number of fused-ring (bicyclic) bond motifs is 1. The van der Waals surface area contributed by atoms with Crippen molar-refractivity contribution in [1.82, 2.24) is 4.98 Å². The van der Waals surface area contributed by atoms with E-state index in [4.69, 9.17) is 4.98 Å². The number of hydrogen-bond donors (Lipinski definition) is 0. The van der Waals surface area contributed by atoms with Crippen LogP contribution in [-0.4, -0.2) is 9.81 Å². The number of para-hydroxylation sites is 1. The lowest BCUT2D eigenvalue weighted by Crippen LogP contribution is -2.04. The summed E-state index contributed by atoms with van der Waals surface area (Å²) >= 11 is 3.79. The van der Waals surface area contributed by atoms with Crippen LogP contribution in [0.1, 0.15) is 44.7 Å². The Hall–Kier alpha value is -0.890. The summed E-state index contributed by atoms with van der Waals surface area (Å²) in [6, 6.07) is 12.6. The van der Waals surface area contributed by atoms with Gasteiger partial charge in [0.25, 0.3) is 0 Å². The van der Waals surface area contributed by atoms with Crippen molar-refractivity contribution in [1.29, 1.82) is 0 Å². The molecule has 1 unspecified atom stereocenters. The Bertz CT molecular complexity index is 509. The molecule has 0 aliphatic carbocycles. The first-order chi connectivity index (χ1) is 9.29. The molecule has 1 atom stereocenters. The number of unbranched alkanes of at least 4 members (excludes halogenated alkanes) is 3. The van der Waals surface area contributed by atoms with Crippen molar-refractivity contribution in [2.45, 2.75) is 50.3 Å². The summed E-state index contributed by atoms with van der Waals surface area (Å²) in [7, 11) is 0. The average Bonchev–Trinajstić information content (AvgIpc) is 2.43. The predicted molar refractivity (Wildman–Crippen MR) is 86.9 cm³/mol. The first-order valence-corrected chi connectivity index (χ1v) is 8.20. The Morgan fingerprint density at radius 2 is 1.89 bits per heavy atom. The number of aromatic nitrogens is 1. The maximum absolute atomic E-state index is 4.73. The zero-order valence-electron chi connectivity index (χ0n) is 11.6. The van der Waals surface area contributed by atoms with Crippen LogP contribution in [0.15, 0.2) is 36.4 Å². The molecule has 0 saturated carbocycles. The fourth-order valence-corrected chi connectivity index (χ4v) is 3.00. The molecule has 1 aromatic heterocycles. The normalized spacial score (nSPS) is 12.7. The topological polar surface area (TPSA) is 12.9 Å². The van der Waals surface area contributed by atoms with Crippen LogP contribution < -0.4 is 0 Å². The van der Waals surface area contributed by atoms with E-state index >= 15 is 0 Å². The number of benzene rings is 1. The SMILES string of the molecule is CCCCCCC(Br)Cc1ccc2ccccc2n1. The maximum Gasteiger partial charge on any atom is 0.0705 e. The van der Waals surface area contributed by atoms with Gasteiger partial charge in [-0.15, -0.1) is 0 Å². The van der Waals surface area contributed by atoms with Gasteiger partial charge in [0.05, 0.1) is 5.52 Å². The van der Waals surface area contributed by atoms with E-state index in [-0.39, 0.29) is 0 Å². The first-order valence-electron chi connectivity index (χ1n) is 7.28. The minimum absolute atomic E-state index is 0.554. The Morgan fingerprint density at radius 1 is 1.05 bits per heavy atom. The predicted octanol–water partition coefficient (Wildman–Crippen LogP) is 5.51. The molecule has 2 aromatic rings. The van der Waals surface area contributed by atoms with E-state index in [1.54, 1.807) is 0 Å². The summed E-state index contributed by atoms with van der Waals surface area (Å²) in [6.45, 7) is 2.25. The van der Waals surface area contributed by atoms with Gasteiger partial charge in [-0.25, -0.2) is 0 Å². The molecule has 0 fully saturated rings. The van der Waals surface area contributed by atoms with Crippen LogP contribution in [0.5, 0.6) is 0 Å². The van der Waals surface area contributed by atoms with Gasteiger partial charge < -0.3 is 0 Å². The van der Waals surface area contributed by atoms with Gasteiger partial charge in [0.2, 0.25) is 0 Å². The number of hydrogen-bond acceptors (Lipinski definition) is 1. The zero-order chi connectivity index (χ0) is 13.5. The molecule has 0 aliphatic heterocycles. The second-order valence-corrected chi connectivity index (χ2v) is 6.44. The summed E-state index contributed by atoms with van der Waals surface area (Å²) in [6.07, 6.45) is 7.60. The summed E-state index contributed by atoms with van der Waals surface area (Å²) in [5, 5.41) is 1.22. The minimum Gasteiger partial charge on any atom is -0.253 e. The van der Waals surface area contributed by atoms with E-state index in [2.05, 4.69) is 59.3 Å². The third-order valence-corrected chi connectivity index (χ3v) is 4.24. The van der Waals surface area contributed by atoms with E-state index in [9.17, 15) is 0 Å². The number of nitrogens with zero attached hydrogens (tertiary/aromatic N) is 1. The lowest BCUT2D eigenvalue weighted by atomic mass is 10.1. The Morgan fingerprint density at radius 3 is 2.74 bits per heavy atom. The van der Waals surface area contributed by atoms with Gasteiger partial charge in [0, 0.05) is 22.3 Å². The standard InChI is InChI=1S/C17H22BrN/c1-2-3-4-5-9-15(18)13-16-12-11-14-8-6-7-10-17(14)19-16/h6-8,10-12,15H,2-5,9,13H2,1H3. The Labute approximate surface area is 124 Å². The van der Waals surface area contributed by atoms with E-state index in [1.165, 1.54) is 43.2 Å². The van der Waals surface area contributed by atoms with E-state index in [1.807, 2.05) is 0 Å². The van der Waals surface area contributed by atoms with Crippen LogP contribution in [0.3, 0.4) is 0 Å². The molecule has 1 nitrogen and oxygen atoms in total. The molecular weight excluding hydrogens is 298 g/mol. The van der Waals surface area contributed by atoms with Crippen molar-refractivity contribution in [2.75, 3.05) is 0 Å². The minimum atomic E-state index is 0.554. The fourth-order valence-electron chi connectivity index (χ4n) is 2.34. The number of pyridine rings is 1. The highest BCUT2D eigenvalue weighted by Gasteiger charge is 2.07. The van der Waals surface area contributed by atoms with E-state index in [0.717, 1.165) is 11.9 Å². The van der Waals surface area contributed by atoms with Crippen molar-refractivity contribution in [3.63, 3.8) is 0 Å². The molecule has 0 saturated heterocycles. The summed E-state index contributed by atoms with van der Waals surface area (Å²) in [5.74, 6) is 0. The molecule has 0 N–H and O–H groups in total. The van der Waals surface area contributed by atoms with Crippen molar-refractivity contribution < 1.29 is 0 Å². The molecule has 1 heterocycles. The quantitative estimate of drug-likeness (QED) is 0.484. The monoisotopic (exact) mass is 319 g/mol. The van der Waals surface area contributed by atoms with Crippen LogP contribution in [0.25, 0.3) is 10.9 Å². The number of rotatable bonds is 7. The molecule has 0 spiro atoms. The van der Waals surface area contributed by atoms with Crippen LogP contribution in [0.2, 0.25) is 0 Å². The van der Waals surface area contributed by atoms with Crippen molar-refractivity contribution in [3.8, 4) is 0 Å². The van der Waals surface area contributed by atoms with Crippen LogP contribution in [0.4, 0.5) is 0 Å². The molecule has 1 aromatic carbocycles. The molecular formula is C17H22BrN. The van der Waals surface area contributed by atoms with Gasteiger partial charge in [-0.1, -0.05) is 72.8 Å². The molecule has 102 valence electrons. The highest BCUT2D eigenvalue weighted by Crippen LogP contribution is 2.18. The number of alkyl halides is 1. The van der Waals surface area contributed by atoms with Gasteiger partial charge >= 0.3 is 0 Å². The fraction of sp³-hybridized carbons (Fsp3) is 0.471. The maximum atomic E-state index is 4.73. The van der Waals surface area contributed by atoms with Gasteiger partial charge in [0.15, 0.2) is 0 Å². The van der Waals surface area contributed by atoms with E-state index in [0.29, 0.717) is 4.83 Å². The second kappa shape index (κ2) is 7.64. The highest BCUT2D eigenvalue weighted by atomic mass is 79.9. The molecule has 2 heteroatoms. The average molecular weight is 320 g/mol. The van der Waals surface area contributed by atoms with Crippen LogP contribution in [0, 0.1) is 0 Å². The second-order valence-electron chi connectivity index (χ2n) is 5.15. The lowest BCUT2D eigenvalue weighted by molar-refractivity contribution is 0.617. The van der Waals surface area contributed by atoms with Crippen molar-refractivity contribution >= 4 is 26.8 Å². The lowest BCUT2D eigenvalue weighted by Gasteiger charge is -2.09. The van der Waals surface area contributed by atoms with Crippen molar-refractivity contribution in [3.05, 3.63) is 42.1 Å². The van der Waals surface area contributed by atoms with Crippen molar-refractivity contribution in [2.24, 2.45) is 0 Å². The van der Waals surface area contributed by atoms with Gasteiger partial charge in [-0.05, 0) is 18.6 Å². The molecule has 0 radical (unpaired) electrons. The summed E-state index contributed by atoms with van der Waals surface area (Å²) < 4.78 is 0. The van der Waals surface area contributed by atoms with Gasteiger partial charge in [-0.3, -0.25) is 4.98 Å². The molecule has 19 heavy (non-hydrogen) atoms. The molecule has 2 rings (SSSR count). The largest absolute Gasteiger partial charge is 0.253 e.